The summed E-state index contributed by atoms with van der Waals surface area (Å²) in [6, 6.07) is 14.4. The maximum absolute atomic E-state index is 12.6. The van der Waals surface area contributed by atoms with Crippen molar-refractivity contribution in [3.05, 3.63) is 54.4 Å². The van der Waals surface area contributed by atoms with Gasteiger partial charge in [0.1, 0.15) is 11.5 Å². The van der Waals surface area contributed by atoms with Crippen LogP contribution in [0, 0.1) is 0 Å². The number of amides is 2. The third kappa shape index (κ3) is 4.80. The highest BCUT2D eigenvalue weighted by Gasteiger charge is 2.32. The van der Waals surface area contributed by atoms with Crippen LogP contribution in [0.4, 0.5) is 11.4 Å². The number of fused-ring (bicyclic) bond motifs is 1. The van der Waals surface area contributed by atoms with E-state index in [9.17, 15) is 9.59 Å². The molecule has 4 rings (SSSR count). The standard InChI is InChI=1S/C23H25N5O4S/c1-4-31-18-11-7-5-9-16(18)24-20(29)14-33-23-26-25-22(27(23)3)15(2)28-17-10-6-8-12-19(17)32-13-21(28)30/h5-12,15H,4,13-14H2,1-3H3,(H,24,29). The summed E-state index contributed by atoms with van der Waals surface area (Å²) < 4.78 is 12.9. The van der Waals surface area contributed by atoms with E-state index in [0.717, 1.165) is 0 Å². The number of hydrogen-bond donors (Lipinski definition) is 1. The first-order valence-corrected chi connectivity index (χ1v) is 11.6. The second-order valence-corrected chi connectivity index (χ2v) is 8.30. The van der Waals surface area contributed by atoms with E-state index in [4.69, 9.17) is 9.47 Å². The van der Waals surface area contributed by atoms with Crippen LogP contribution in [0.15, 0.2) is 53.7 Å². The molecule has 0 bridgehead atoms. The van der Waals surface area contributed by atoms with Gasteiger partial charge in [0.2, 0.25) is 5.91 Å². The fraction of sp³-hybridized carbons (Fsp3) is 0.304. The molecule has 1 aliphatic rings. The number of ether oxygens (including phenoxy) is 2. The van der Waals surface area contributed by atoms with E-state index in [2.05, 4.69) is 15.5 Å². The highest BCUT2D eigenvalue weighted by Crippen LogP contribution is 2.37. The summed E-state index contributed by atoms with van der Waals surface area (Å²) in [5, 5.41) is 12.0. The Kier molecular flexibility index (Phi) is 6.83. The van der Waals surface area contributed by atoms with Crippen molar-refractivity contribution < 1.29 is 19.1 Å². The van der Waals surface area contributed by atoms with Gasteiger partial charge in [0.25, 0.3) is 5.91 Å². The van der Waals surface area contributed by atoms with E-state index >= 15 is 0 Å². The summed E-state index contributed by atoms with van der Waals surface area (Å²) >= 11 is 1.27. The Morgan fingerprint density at radius 3 is 2.79 bits per heavy atom. The number of nitrogens with one attached hydrogen (secondary N) is 1. The first-order chi connectivity index (χ1) is 16.0. The van der Waals surface area contributed by atoms with Crippen LogP contribution in [0.3, 0.4) is 0 Å². The molecule has 1 N–H and O–H groups in total. The number of hydrogen-bond acceptors (Lipinski definition) is 7. The molecule has 33 heavy (non-hydrogen) atoms. The van der Waals surface area contributed by atoms with E-state index < -0.39 is 0 Å². The van der Waals surface area contributed by atoms with E-state index in [0.29, 0.717) is 40.5 Å². The zero-order chi connectivity index (χ0) is 23.4. The summed E-state index contributed by atoms with van der Waals surface area (Å²) in [5.74, 6) is 1.73. The Morgan fingerprint density at radius 1 is 1.21 bits per heavy atom. The van der Waals surface area contributed by atoms with Crippen molar-refractivity contribution in [2.24, 2.45) is 7.05 Å². The van der Waals surface area contributed by atoms with Crippen LogP contribution in [-0.4, -0.2) is 45.5 Å². The largest absolute Gasteiger partial charge is 0.492 e. The lowest BCUT2D eigenvalue weighted by molar-refractivity contribution is -0.121. The molecule has 3 aromatic rings. The summed E-state index contributed by atoms with van der Waals surface area (Å²) in [4.78, 5) is 26.8. The number of carbonyl (C=O) groups is 2. The number of benzene rings is 2. The molecule has 0 saturated heterocycles. The Bertz CT molecular complexity index is 1170. The van der Waals surface area contributed by atoms with Gasteiger partial charge in [0.15, 0.2) is 17.6 Å². The van der Waals surface area contributed by atoms with E-state index in [1.165, 1.54) is 11.8 Å². The quantitative estimate of drug-likeness (QED) is 0.507. The number of carbonyl (C=O) groups excluding carboxylic acids is 2. The Balaban J connectivity index is 1.44. The van der Waals surface area contributed by atoms with Crippen molar-refractivity contribution in [1.82, 2.24) is 14.8 Å². The third-order valence-corrected chi connectivity index (χ3v) is 6.19. The predicted octanol–water partition coefficient (Wildman–Crippen LogP) is 3.43. The van der Waals surface area contributed by atoms with Gasteiger partial charge in [-0.3, -0.25) is 14.5 Å². The third-order valence-electron chi connectivity index (χ3n) is 5.17. The van der Waals surface area contributed by atoms with Crippen molar-refractivity contribution in [3.8, 4) is 11.5 Å². The van der Waals surface area contributed by atoms with Gasteiger partial charge in [-0.05, 0) is 38.1 Å². The molecule has 1 unspecified atom stereocenters. The predicted molar refractivity (Wildman–Crippen MR) is 126 cm³/mol. The summed E-state index contributed by atoms with van der Waals surface area (Å²) in [7, 11) is 1.83. The summed E-state index contributed by atoms with van der Waals surface area (Å²) in [5.41, 5.74) is 1.33. The molecule has 1 atom stereocenters. The van der Waals surface area contributed by atoms with E-state index in [1.807, 2.05) is 67.9 Å². The van der Waals surface area contributed by atoms with E-state index in [-0.39, 0.29) is 30.2 Å². The Hall–Kier alpha value is -3.53. The molecule has 0 radical (unpaired) electrons. The van der Waals surface area contributed by atoms with Crippen LogP contribution in [0.25, 0.3) is 0 Å². The average Bonchev–Trinajstić information content (AvgIpc) is 3.19. The smallest absolute Gasteiger partial charge is 0.265 e. The minimum atomic E-state index is -0.360. The molecule has 0 fully saturated rings. The maximum atomic E-state index is 12.6. The minimum Gasteiger partial charge on any atom is -0.492 e. The van der Waals surface area contributed by atoms with Gasteiger partial charge in [0, 0.05) is 7.05 Å². The van der Waals surface area contributed by atoms with Gasteiger partial charge in [-0.25, -0.2) is 0 Å². The fourth-order valence-electron chi connectivity index (χ4n) is 3.65. The van der Waals surface area contributed by atoms with E-state index in [1.54, 1.807) is 11.0 Å². The van der Waals surface area contributed by atoms with Gasteiger partial charge >= 0.3 is 0 Å². The molecular weight excluding hydrogens is 442 g/mol. The fourth-order valence-corrected chi connectivity index (χ4v) is 4.36. The topological polar surface area (TPSA) is 98.6 Å². The molecule has 9 nitrogen and oxygen atoms in total. The summed E-state index contributed by atoms with van der Waals surface area (Å²) in [6.45, 7) is 4.28. The number of anilines is 2. The average molecular weight is 468 g/mol. The number of thioether (sulfide) groups is 1. The van der Waals surface area contributed by atoms with Crippen molar-refractivity contribution in [1.29, 1.82) is 0 Å². The molecule has 0 aliphatic carbocycles. The highest BCUT2D eigenvalue weighted by atomic mass is 32.2. The number of rotatable bonds is 8. The molecule has 2 heterocycles. The van der Waals surface area contributed by atoms with Gasteiger partial charge < -0.3 is 19.4 Å². The second-order valence-electron chi connectivity index (χ2n) is 7.36. The van der Waals surface area contributed by atoms with Crippen LogP contribution < -0.4 is 19.7 Å². The minimum absolute atomic E-state index is 0.0236. The zero-order valence-corrected chi connectivity index (χ0v) is 19.5. The van der Waals surface area contributed by atoms with Crippen molar-refractivity contribution in [2.75, 3.05) is 29.2 Å². The number of para-hydroxylation sites is 4. The van der Waals surface area contributed by atoms with Crippen LogP contribution in [0.5, 0.6) is 11.5 Å². The highest BCUT2D eigenvalue weighted by molar-refractivity contribution is 7.99. The van der Waals surface area contributed by atoms with Gasteiger partial charge in [-0.2, -0.15) is 0 Å². The zero-order valence-electron chi connectivity index (χ0n) is 18.6. The van der Waals surface area contributed by atoms with Crippen LogP contribution in [0.2, 0.25) is 0 Å². The molecule has 1 aromatic heterocycles. The first-order valence-electron chi connectivity index (χ1n) is 10.6. The number of aromatic nitrogens is 3. The maximum Gasteiger partial charge on any atom is 0.265 e. The number of nitrogens with zero attached hydrogens (tertiary/aromatic N) is 4. The molecule has 10 heteroatoms. The van der Waals surface area contributed by atoms with Gasteiger partial charge in [-0.15, -0.1) is 10.2 Å². The summed E-state index contributed by atoms with van der Waals surface area (Å²) in [6.07, 6.45) is 0. The SMILES string of the molecule is CCOc1ccccc1NC(=O)CSc1nnc(C(C)N2C(=O)COc3ccccc32)n1C. The van der Waals surface area contributed by atoms with Crippen LogP contribution in [-0.2, 0) is 16.6 Å². The molecule has 0 spiro atoms. The molecule has 2 aromatic carbocycles. The lowest BCUT2D eigenvalue weighted by atomic mass is 10.1. The van der Waals surface area contributed by atoms with Crippen molar-refractivity contribution >= 4 is 35.0 Å². The lowest BCUT2D eigenvalue weighted by Crippen LogP contribution is -2.41. The lowest BCUT2D eigenvalue weighted by Gasteiger charge is -2.33. The Morgan fingerprint density at radius 2 is 1.97 bits per heavy atom. The normalized spacial score (nSPS) is 13.8. The van der Waals surface area contributed by atoms with Crippen molar-refractivity contribution in [3.63, 3.8) is 0 Å². The van der Waals surface area contributed by atoms with Crippen LogP contribution in [0.1, 0.15) is 25.7 Å². The van der Waals surface area contributed by atoms with Gasteiger partial charge in [0.05, 0.1) is 29.8 Å². The Labute approximate surface area is 196 Å². The van der Waals surface area contributed by atoms with Crippen molar-refractivity contribution in [2.45, 2.75) is 25.0 Å². The molecule has 1 aliphatic heterocycles. The monoisotopic (exact) mass is 467 g/mol. The molecular formula is C23H25N5O4S. The molecule has 0 saturated carbocycles. The molecule has 172 valence electrons. The first kappa shape index (κ1) is 22.7. The second kappa shape index (κ2) is 9.95. The molecule has 2 amide bonds. The van der Waals surface area contributed by atoms with Gasteiger partial charge in [-0.1, -0.05) is 36.0 Å². The van der Waals surface area contributed by atoms with Crippen LogP contribution >= 0.6 is 11.8 Å².